The van der Waals surface area contributed by atoms with E-state index < -0.39 is 0 Å². The Morgan fingerprint density at radius 1 is 1.32 bits per heavy atom. The van der Waals surface area contributed by atoms with E-state index in [-0.39, 0.29) is 17.4 Å². The van der Waals surface area contributed by atoms with Gasteiger partial charge in [-0.25, -0.2) is 0 Å². The molecule has 19 heavy (non-hydrogen) atoms. The van der Waals surface area contributed by atoms with Gasteiger partial charge in [0.15, 0.2) is 0 Å². The summed E-state index contributed by atoms with van der Waals surface area (Å²) in [5, 5.41) is 3.20. The molecule has 2 saturated carbocycles. The molecule has 0 heterocycles. The number of carbonyl (C=O) groups is 1. The summed E-state index contributed by atoms with van der Waals surface area (Å²) in [6.07, 6.45) is 8.06. The van der Waals surface area contributed by atoms with Gasteiger partial charge in [-0.15, -0.1) is 0 Å². The van der Waals surface area contributed by atoms with Crippen molar-refractivity contribution >= 4 is 5.91 Å². The van der Waals surface area contributed by atoms with E-state index in [1.165, 1.54) is 25.7 Å². The highest BCUT2D eigenvalue weighted by Gasteiger charge is 2.39. The van der Waals surface area contributed by atoms with Crippen LogP contribution in [0.2, 0.25) is 0 Å². The Morgan fingerprint density at radius 2 is 2.05 bits per heavy atom. The standard InChI is InChI=1S/C15H29N3O/c1-18(2)15(7-4-8-15)11-17-14(19)13-6-3-5-12(9-13)10-16/h12-13H,3-11,16H2,1-2H3,(H,17,19). The Bertz CT molecular complexity index is 313. The summed E-state index contributed by atoms with van der Waals surface area (Å²) in [4.78, 5) is 14.6. The molecule has 0 aromatic heterocycles. The van der Waals surface area contributed by atoms with Gasteiger partial charge in [0.25, 0.3) is 0 Å². The van der Waals surface area contributed by atoms with E-state index in [1.54, 1.807) is 0 Å². The molecule has 0 aliphatic heterocycles. The second-order valence-corrected chi connectivity index (χ2v) is 6.66. The number of likely N-dealkylation sites (N-methyl/N-ethyl adjacent to an activating group) is 1. The Balaban J connectivity index is 1.80. The molecule has 0 aromatic carbocycles. The lowest BCUT2D eigenvalue weighted by Gasteiger charge is -2.47. The topological polar surface area (TPSA) is 58.4 Å². The summed E-state index contributed by atoms with van der Waals surface area (Å²) in [5.41, 5.74) is 5.96. The van der Waals surface area contributed by atoms with Gasteiger partial charge in [-0.3, -0.25) is 4.79 Å². The first-order chi connectivity index (χ1) is 9.07. The van der Waals surface area contributed by atoms with Crippen LogP contribution < -0.4 is 11.1 Å². The third-order valence-electron chi connectivity index (χ3n) is 5.31. The third-order valence-corrected chi connectivity index (χ3v) is 5.31. The fourth-order valence-electron chi connectivity index (χ4n) is 3.51. The van der Waals surface area contributed by atoms with Gasteiger partial charge in [0, 0.05) is 18.0 Å². The van der Waals surface area contributed by atoms with Crippen molar-refractivity contribution in [2.45, 2.75) is 50.5 Å². The van der Waals surface area contributed by atoms with E-state index in [9.17, 15) is 4.79 Å². The Morgan fingerprint density at radius 3 is 2.58 bits per heavy atom. The minimum absolute atomic E-state index is 0.196. The molecule has 0 radical (unpaired) electrons. The number of hydrogen-bond donors (Lipinski definition) is 2. The molecule has 4 nitrogen and oxygen atoms in total. The molecule has 0 saturated heterocycles. The monoisotopic (exact) mass is 267 g/mol. The summed E-state index contributed by atoms with van der Waals surface area (Å²) in [5.74, 6) is 1.00. The molecule has 0 spiro atoms. The van der Waals surface area contributed by atoms with Gasteiger partial charge in [0.1, 0.15) is 0 Å². The molecule has 2 unspecified atom stereocenters. The van der Waals surface area contributed by atoms with Crippen LogP contribution in [0.3, 0.4) is 0 Å². The first kappa shape index (κ1) is 14.8. The summed E-state index contributed by atoms with van der Waals surface area (Å²) >= 11 is 0. The summed E-state index contributed by atoms with van der Waals surface area (Å²) in [7, 11) is 4.24. The van der Waals surface area contributed by atoms with Gasteiger partial charge in [0.2, 0.25) is 5.91 Å². The number of amides is 1. The smallest absolute Gasteiger partial charge is 0.223 e. The molecule has 0 aromatic rings. The zero-order valence-electron chi connectivity index (χ0n) is 12.5. The lowest BCUT2D eigenvalue weighted by atomic mass is 9.75. The lowest BCUT2D eigenvalue weighted by Crippen LogP contribution is -2.57. The fraction of sp³-hybridized carbons (Fsp3) is 0.933. The maximum Gasteiger partial charge on any atom is 0.223 e. The molecule has 1 amide bonds. The van der Waals surface area contributed by atoms with Crippen LogP contribution in [0.5, 0.6) is 0 Å². The van der Waals surface area contributed by atoms with Crippen LogP contribution in [-0.4, -0.2) is 43.5 Å². The molecule has 4 heteroatoms. The number of nitrogens with zero attached hydrogens (tertiary/aromatic N) is 1. The van der Waals surface area contributed by atoms with Crippen LogP contribution in [0.1, 0.15) is 44.9 Å². The van der Waals surface area contributed by atoms with E-state index in [0.717, 1.165) is 32.4 Å². The van der Waals surface area contributed by atoms with E-state index in [2.05, 4.69) is 24.3 Å². The number of hydrogen-bond acceptors (Lipinski definition) is 3. The molecule has 2 atom stereocenters. The zero-order chi connectivity index (χ0) is 13.9. The molecule has 2 rings (SSSR count). The molecule has 2 aliphatic rings. The maximum absolute atomic E-state index is 12.3. The Hall–Kier alpha value is -0.610. The lowest BCUT2D eigenvalue weighted by molar-refractivity contribution is -0.127. The number of carbonyl (C=O) groups excluding carboxylic acids is 1. The van der Waals surface area contributed by atoms with Crippen molar-refractivity contribution in [2.75, 3.05) is 27.2 Å². The van der Waals surface area contributed by atoms with Gasteiger partial charge in [-0.1, -0.05) is 6.42 Å². The van der Waals surface area contributed by atoms with Gasteiger partial charge in [0.05, 0.1) is 0 Å². The predicted octanol–water partition coefficient (Wildman–Crippen LogP) is 1.35. The van der Waals surface area contributed by atoms with Crippen molar-refractivity contribution in [3.8, 4) is 0 Å². The molecule has 110 valence electrons. The SMILES string of the molecule is CN(C)C1(CNC(=O)C2CCCC(CN)C2)CCC1. The molecule has 0 bridgehead atoms. The Labute approximate surface area is 117 Å². The van der Waals surface area contributed by atoms with E-state index in [1.807, 2.05) is 0 Å². The normalized spacial score (nSPS) is 29.9. The van der Waals surface area contributed by atoms with Crippen molar-refractivity contribution in [3.63, 3.8) is 0 Å². The molecular formula is C15H29N3O. The highest BCUT2D eigenvalue weighted by Crippen LogP contribution is 2.35. The molecule has 2 fully saturated rings. The maximum atomic E-state index is 12.3. The average molecular weight is 267 g/mol. The largest absolute Gasteiger partial charge is 0.354 e. The van der Waals surface area contributed by atoms with Crippen molar-refractivity contribution in [1.29, 1.82) is 0 Å². The van der Waals surface area contributed by atoms with E-state index >= 15 is 0 Å². The van der Waals surface area contributed by atoms with Crippen LogP contribution >= 0.6 is 0 Å². The van der Waals surface area contributed by atoms with Gasteiger partial charge in [-0.05, 0) is 65.1 Å². The summed E-state index contributed by atoms with van der Waals surface area (Å²) in [6, 6.07) is 0. The van der Waals surface area contributed by atoms with Gasteiger partial charge >= 0.3 is 0 Å². The van der Waals surface area contributed by atoms with Gasteiger partial charge < -0.3 is 16.0 Å². The van der Waals surface area contributed by atoms with Crippen LogP contribution in [0.25, 0.3) is 0 Å². The van der Waals surface area contributed by atoms with Crippen molar-refractivity contribution in [1.82, 2.24) is 10.2 Å². The average Bonchev–Trinajstić information content (AvgIpc) is 2.37. The molecule has 3 N–H and O–H groups in total. The first-order valence-corrected chi connectivity index (χ1v) is 7.72. The second kappa shape index (κ2) is 6.23. The molecular weight excluding hydrogens is 238 g/mol. The quantitative estimate of drug-likeness (QED) is 0.790. The highest BCUT2D eigenvalue weighted by molar-refractivity contribution is 5.78. The second-order valence-electron chi connectivity index (χ2n) is 6.66. The number of rotatable bonds is 5. The van der Waals surface area contributed by atoms with Crippen molar-refractivity contribution in [2.24, 2.45) is 17.6 Å². The van der Waals surface area contributed by atoms with Gasteiger partial charge in [-0.2, -0.15) is 0 Å². The van der Waals surface area contributed by atoms with Crippen LogP contribution in [0, 0.1) is 11.8 Å². The van der Waals surface area contributed by atoms with Crippen LogP contribution in [0.15, 0.2) is 0 Å². The van der Waals surface area contributed by atoms with Crippen molar-refractivity contribution in [3.05, 3.63) is 0 Å². The minimum Gasteiger partial charge on any atom is -0.354 e. The Kier molecular flexibility index (Phi) is 4.85. The summed E-state index contributed by atoms with van der Waals surface area (Å²) < 4.78 is 0. The summed E-state index contributed by atoms with van der Waals surface area (Å²) in [6.45, 7) is 1.54. The van der Waals surface area contributed by atoms with E-state index in [4.69, 9.17) is 5.73 Å². The highest BCUT2D eigenvalue weighted by atomic mass is 16.1. The fourth-order valence-corrected chi connectivity index (χ4v) is 3.51. The minimum atomic E-state index is 0.196. The predicted molar refractivity (Wildman–Crippen MR) is 77.8 cm³/mol. The van der Waals surface area contributed by atoms with E-state index in [0.29, 0.717) is 5.92 Å². The molecule has 2 aliphatic carbocycles. The number of nitrogens with two attached hydrogens (primary N) is 1. The first-order valence-electron chi connectivity index (χ1n) is 7.72. The van der Waals surface area contributed by atoms with Crippen LogP contribution in [-0.2, 0) is 4.79 Å². The van der Waals surface area contributed by atoms with Crippen LogP contribution in [0.4, 0.5) is 0 Å². The third kappa shape index (κ3) is 3.29. The zero-order valence-corrected chi connectivity index (χ0v) is 12.5. The number of nitrogens with one attached hydrogen (secondary N) is 1. The van der Waals surface area contributed by atoms with Crippen molar-refractivity contribution < 1.29 is 4.79 Å².